The van der Waals surface area contributed by atoms with Crippen LogP contribution in [0.4, 0.5) is 10.1 Å². The van der Waals surface area contributed by atoms with Crippen molar-refractivity contribution in [3.63, 3.8) is 0 Å². The second-order valence-electron chi connectivity index (χ2n) is 6.54. The molecule has 0 N–H and O–H groups in total. The van der Waals surface area contributed by atoms with Gasteiger partial charge >= 0.3 is 0 Å². The Kier molecular flexibility index (Phi) is 4.43. The Morgan fingerprint density at radius 1 is 1.15 bits per heavy atom. The van der Waals surface area contributed by atoms with Gasteiger partial charge in [-0.25, -0.2) is 24.3 Å². The van der Waals surface area contributed by atoms with Crippen LogP contribution < -0.4 is 9.64 Å². The highest BCUT2D eigenvalue weighted by Crippen LogP contribution is 2.36. The topological polar surface area (TPSA) is 64.0 Å². The summed E-state index contributed by atoms with van der Waals surface area (Å²) in [5, 5.41) is 0. The minimum atomic E-state index is -0.268. The van der Waals surface area contributed by atoms with Crippen LogP contribution in [0.1, 0.15) is 29.8 Å². The molecule has 1 atom stereocenters. The van der Waals surface area contributed by atoms with Crippen molar-refractivity contribution in [2.24, 2.45) is 0 Å². The van der Waals surface area contributed by atoms with E-state index in [1.807, 2.05) is 12.3 Å². The molecule has 27 heavy (non-hydrogen) atoms. The number of hydrogen-bond acceptors (Lipinski definition) is 6. The normalized spacial score (nSPS) is 16.1. The minimum Gasteiger partial charge on any atom is -0.496 e. The molecular weight excluding hydrogens is 345 g/mol. The molecule has 1 aromatic carbocycles. The van der Waals surface area contributed by atoms with E-state index in [-0.39, 0.29) is 11.9 Å². The SMILES string of the molecule is COc1cc(N2CCc3nc(-c4ncccn4)ncc3[C@H]2C)cc(F)c1C. The summed E-state index contributed by atoms with van der Waals surface area (Å²) in [7, 11) is 1.56. The number of nitrogens with zero attached hydrogens (tertiary/aromatic N) is 5. The van der Waals surface area contributed by atoms with E-state index in [1.54, 1.807) is 38.6 Å². The van der Waals surface area contributed by atoms with Gasteiger partial charge in [0.25, 0.3) is 0 Å². The fraction of sp³-hybridized carbons (Fsp3) is 0.300. The first-order valence-electron chi connectivity index (χ1n) is 8.82. The van der Waals surface area contributed by atoms with E-state index in [4.69, 9.17) is 4.74 Å². The number of hydrogen-bond donors (Lipinski definition) is 0. The van der Waals surface area contributed by atoms with Gasteiger partial charge in [0.1, 0.15) is 11.6 Å². The summed E-state index contributed by atoms with van der Waals surface area (Å²) >= 11 is 0. The number of fused-ring (bicyclic) bond motifs is 1. The Bertz CT molecular complexity index is 980. The van der Waals surface area contributed by atoms with Crippen molar-refractivity contribution >= 4 is 5.69 Å². The summed E-state index contributed by atoms with van der Waals surface area (Å²) in [5.74, 6) is 1.32. The number of anilines is 1. The predicted octanol–water partition coefficient (Wildman–Crippen LogP) is 3.51. The molecule has 0 spiro atoms. The van der Waals surface area contributed by atoms with E-state index < -0.39 is 0 Å². The number of ether oxygens (including phenoxy) is 1. The summed E-state index contributed by atoms with van der Waals surface area (Å²) in [6.07, 6.45) is 5.91. The van der Waals surface area contributed by atoms with Crippen LogP contribution in [-0.4, -0.2) is 33.6 Å². The van der Waals surface area contributed by atoms with Crippen LogP contribution in [-0.2, 0) is 6.42 Å². The molecule has 0 unspecified atom stereocenters. The zero-order valence-electron chi connectivity index (χ0n) is 15.5. The van der Waals surface area contributed by atoms with Gasteiger partial charge in [-0.2, -0.15) is 0 Å². The maximum Gasteiger partial charge on any atom is 0.197 e. The van der Waals surface area contributed by atoms with Crippen molar-refractivity contribution in [1.82, 2.24) is 19.9 Å². The summed E-state index contributed by atoms with van der Waals surface area (Å²) in [5.41, 5.74) is 3.32. The van der Waals surface area contributed by atoms with Crippen molar-refractivity contribution in [2.45, 2.75) is 26.3 Å². The number of aromatic nitrogens is 4. The molecule has 0 aliphatic carbocycles. The van der Waals surface area contributed by atoms with Crippen LogP contribution in [0.3, 0.4) is 0 Å². The standard InChI is InChI=1S/C20H20FN5O/c1-12-16(21)9-14(10-18(12)27-3)26-8-5-17-15(13(26)2)11-24-20(25-17)19-22-6-4-7-23-19/h4,6-7,9-11,13H,5,8H2,1-3H3/t13-/m1/s1. The lowest BCUT2D eigenvalue weighted by atomic mass is 9.98. The van der Waals surface area contributed by atoms with Gasteiger partial charge in [-0.05, 0) is 26.0 Å². The van der Waals surface area contributed by atoms with Crippen LogP contribution in [0.5, 0.6) is 5.75 Å². The third kappa shape index (κ3) is 3.09. The average Bonchev–Trinajstić information content (AvgIpc) is 2.70. The first-order valence-corrected chi connectivity index (χ1v) is 8.82. The molecule has 3 heterocycles. The molecule has 138 valence electrons. The third-order valence-corrected chi connectivity index (χ3v) is 5.01. The van der Waals surface area contributed by atoms with Crippen LogP contribution in [0.25, 0.3) is 11.6 Å². The van der Waals surface area contributed by atoms with Gasteiger partial charge < -0.3 is 9.64 Å². The second-order valence-corrected chi connectivity index (χ2v) is 6.54. The number of methoxy groups -OCH3 is 1. The zero-order valence-corrected chi connectivity index (χ0v) is 15.5. The van der Waals surface area contributed by atoms with Crippen molar-refractivity contribution in [2.75, 3.05) is 18.6 Å². The molecule has 3 aromatic rings. The summed E-state index contributed by atoms with van der Waals surface area (Å²) in [4.78, 5) is 19.7. The van der Waals surface area contributed by atoms with E-state index in [2.05, 4.69) is 31.8 Å². The Morgan fingerprint density at radius 3 is 2.67 bits per heavy atom. The number of rotatable bonds is 3. The van der Waals surface area contributed by atoms with Gasteiger partial charge in [0.15, 0.2) is 11.6 Å². The quantitative estimate of drug-likeness (QED) is 0.708. The first-order chi connectivity index (χ1) is 13.1. The molecule has 6 nitrogen and oxygen atoms in total. The lowest BCUT2D eigenvalue weighted by Gasteiger charge is -2.36. The zero-order chi connectivity index (χ0) is 19.0. The highest BCUT2D eigenvalue weighted by Gasteiger charge is 2.27. The van der Waals surface area contributed by atoms with Gasteiger partial charge in [-0.1, -0.05) is 0 Å². The second kappa shape index (κ2) is 6.90. The molecule has 0 saturated carbocycles. The maximum absolute atomic E-state index is 14.3. The molecule has 7 heteroatoms. The Balaban J connectivity index is 1.68. The van der Waals surface area contributed by atoms with Crippen molar-refractivity contribution in [3.05, 3.63) is 59.4 Å². The van der Waals surface area contributed by atoms with Gasteiger partial charge in [0.2, 0.25) is 0 Å². The number of benzene rings is 1. The third-order valence-electron chi connectivity index (χ3n) is 5.01. The van der Waals surface area contributed by atoms with Crippen LogP contribution in [0, 0.1) is 12.7 Å². The largest absolute Gasteiger partial charge is 0.496 e. The lowest BCUT2D eigenvalue weighted by molar-refractivity contribution is 0.407. The first kappa shape index (κ1) is 17.3. The lowest BCUT2D eigenvalue weighted by Crippen LogP contribution is -2.35. The predicted molar refractivity (Wildman–Crippen MR) is 100 cm³/mol. The van der Waals surface area contributed by atoms with Gasteiger partial charge in [-0.15, -0.1) is 0 Å². The molecule has 1 aliphatic rings. The van der Waals surface area contributed by atoms with Gasteiger partial charge in [0, 0.05) is 54.4 Å². The van der Waals surface area contributed by atoms with E-state index in [0.717, 1.165) is 29.9 Å². The Morgan fingerprint density at radius 2 is 1.93 bits per heavy atom. The molecule has 0 bridgehead atoms. The fourth-order valence-electron chi connectivity index (χ4n) is 3.46. The Labute approximate surface area is 157 Å². The van der Waals surface area contributed by atoms with Crippen LogP contribution in [0.15, 0.2) is 36.8 Å². The minimum absolute atomic E-state index is 0.0197. The van der Waals surface area contributed by atoms with Crippen LogP contribution >= 0.6 is 0 Å². The molecule has 0 fully saturated rings. The fourth-order valence-corrected chi connectivity index (χ4v) is 3.46. The average molecular weight is 365 g/mol. The molecule has 4 rings (SSSR count). The highest BCUT2D eigenvalue weighted by atomic mass is 19.1. The van der Waals surface area contributed by atoms with E-state index >= 15 is 0 Å². The maximum atomic E-state index is 14.3. The molecule has 0 saturated heterocycles. The molecule has 0 radical (unpaired) electrons. The van der Waals surface area contributed by atoms with Crippen molar-refractivity contribution in [1.29, 1.82) is 0 Å². The molecule has 2 aromatic heterocycles. The van der Waals surface area contributed by atoms with Crippen LogP contribution in [0.2, 0.25) is 0 Å². The summed E-state index contributed by atoms with van der Waals surface area (Å²) in [6.45, 7) is 4.52. The highest BCUT2D eigenvalue weighted by molar-refractivity contribution is 5.57. The molecule has 1 aliphatic heterocycles. The van der Waals surface area contributed by atoms with Crippen molar-refractivity contribution < 1.29 is 9.13 Å². The van der Waals surface area contributed by atoms with Crippen molar-refractivity contribution in [3.8, 4) is 17.4 Å². The van der Waals surface area contributed by atoms with E-state index in [9.17, 15) is 4.39 Å². The molecular formula is C20H20FN5O. The molecule has 0 amide bonds. The van der Waals surface area contributed by atoms with Gasteiger partial charge in [0.05, 0.1) is 18.8 Å². The summed E-state index contributed by atoms with van der Waals surface area (Å²) in [6, 6.07) is 5.22. The van der Waals surface area contributed by atoms with E-state index in [1.165, 1.54) is 0 Å². The smallest absolute Gasteiger partial charge is 0.197 e. The number of halogens is 1. The summed E-state index contributed by atoms with van der Waals surface area (Å²) < 4.78 is 19.6. The van der Waals surface area contributed by atoms with E-state index in [0.29, 0.717) is 23.0 Å². The Hall–Kier alpha value is -3.09. The van der Waals surface area contributed by atoms with Gasteiger partial charge in [-0.3, -0.25) is 0 Å². The monoisotopic (exact) mass is 365 g/mol.